The van der Waals surface area contributed by atoms with Gasteiger partial charge in [-0.1, -0.05) is 30.3 Å². The van der Waals surface area contributed by atoms with Crippen LogP contribution in [0.3, 0.4) is 0 Å². The van der Waals surface area contributed by atoms with Crippen molar-refractivity contribution in [2.45, 2.75) is 19.4 Å². The van der Waals surface area contributed by atoms with Crippen LogP contribution in [0.15, 0.2) is 42.5 Å². The van der Waals surface area contributed by atoms with Crippen LogP contribution in [0.1, 0.15) is 22.5 Å². The minimum absolute atomic E-state index is 0.0205. The zero-order valence-corrected chi connectivity index (χ0v) is 14.8. The molecule has 1 unspecified atom stereocenters. The number of benzene rings is 1. The number of aliphatic carboxylic acids is 1. The van der Waals surface area contributed by atoms with E-state index in [9.17, 15) is 9.59 Å². The summed E-state index contributed by atoms with van der Waals surface area (Å²) in [7, 11) is 0. The van der Waals surface area contributed by atoms with Crippen LogP contribution < -0.4 is 0 Å². The van der Waals surface area contributed by atoms with Gasteiger partial charge in [-0.25, -0.2) is 0 Å². The molecule has 1 N–H and O–H groups in total. The van der Waals surface area contributed by atoms with Crippen molar-refractivity contribution in [3.63, 3.8) is 0 Å². The second-order valence-corrected chi connectivity index (χ2v) is 7.17. The van der Waals surface area contributed by atoms with Gasteiger partial charge in [-0.3, -0.25) is 14.6 Å². The summed E-state index contributed by atoms with van der Waals surface area (Å²) in [5.41, 5.74) is 3.04. The number of thioether (sulfide) groups is 1. The van der Waals surface area contributed by atoms with E-state index in [0.29, 0.717) is 23.6 Å². The molecule has 0 aliphatic carbocycles. The average molecular weight is 356 g/mol. The molecule has 1 aliphatic heterocycles. The Kier molecular flexibility index (Phi) is 5.38. The number of pyridine rings is 1. The van der Waals surface area contributed by atoms with Crippen molar-refractivity contribution in [1.29, 1.82) is 0 Å². The molecule has 3 rings (SSSR count). The zero-order chi connectivity index (χ0) is 17.8. The van der Waals surface area contributed by atoms with E-state index in [1.54, 1.807) is 22.7 Å². The van der Waals surface area contributed by atoms with Gasteiger partial charge in [-0.05, 0) is 19.1 Å². The molecule has 0 radical (unpaired) electrons. The molecule has 1 aromatic carbocycles. The summed E-state index contributed by atoms with van der Waals surface area (Å²) in [5, 5.41) is 9.09. The highest BCUT2D eigenvalue weighted by molar-refractivity contribution is 7.99. The average Bonchev–Trinajstić information content (AvgIpc) is 2.62. The van der Waals surface area contributed by atoms with E-state index in [-0.39, 0.29) is 18.4 Å². The van der Waals surface area contributed by atoms with Crippen molar-refractivity contribution in [3.8, 4) is 11.3 Å². The number of nitrogens with zero attached hydrogens (tertiary/aromatic N) is 2. The summed E-state index contributed by atoms with van der Waals surface area (Å²) >= 11 is 1.69. The molecule has 130 valence electrons. The van der Waals surface area contributed by atoms with E-state index in [4.69, 9.17) is 5.11 Å². The molecule has 1 saturated heterocycles. The molecule has 1 atom stereocenters. The number of hydrogen-bond donors (Lipinski definition) is 1. The lowest BCUT2D eigenvalue weighted by Gasteiger charge is -2.35. The molecule has 1 aromatic heterocycles. The SMILES string of the molecule is Cc1nc(-c2ccccc2)ccc1C(=O)N1CCSCC1CC(=O)O. The molecule has 2 heterocycles. The zero-order valence-electron chi connectivity index (χ0n) is 14.0. The molecule has 5 nitrogen and oxygen atoms in total. The molecular weight excluding hydrogens is 336 g/mol. The molecule has 1 amide bonds. The van der Waals surface area contributed by atoms with E-state index in [0.717, 1.165) is 17.0 Å². The Morgan fingerprint density at radius 1 is 1.24 bits per heavy atom. The van der Waals surface area contributed by atoms with Crippen LogP contribution in [0.2, 0.25) is 0 Å². The Labute approximate surface area is 151 Å². The first-order valence-corrected chi connectivity index (χ1v) is 9.35. The first-order chi connectivity index (χ1) is 12.1. The van der Waals surface area contributed by atoms with Gasteiger partial charge in [-0.15, -0.1) is 0 Å². The number of amides is 1. The van der Waals surface area contributed by atoms with Crippen LogP contribution in [0.5, 0.6) is 0 Å². The van der Waals surface area contributed by atoms with Crippen LogP contribution >= 0.6 is 11.8 Å². The molecule has 0 spiro atoms. The predicted octanol–water partition coefficient (Wildman–Crippen LogP) is 3.09. The Hall–Kier alpha value is -2.34. The van der Waals surface area contributed by atoms with Crippen molar-refractivity contribution >= 4 is 23.6 Å². The van der Waals surface area contributed by atoms with Crippen molar-refractivity contribution in [3.05, 3.63) is 53.7 Å². The minimum Gasteiger partial charge on any atom is -0.481 e. The van der Waals surface area contributed by atoms with Gasteiger partial charge in [0.2, 0.25) is 0 Å². The van der Waals surface area contributed by atoms with Crippen molar-refractivity contribution in [2.24, 2.45) is 0 Å². The van der Waals surface area contributed by atoms with Gasteiger partial charge in [0.05, 0.1) is 29.4 Å². The number of carboxylic acid groups (broad SMARTS) is 1. The van der Waals surface area contributed by atoms with Crippen LogP contribution in [-0.4, -0.2) is 51.0 Å². The number of carboxylic acids is 1. The maximum atomic E-state index is 12.9. The van der Waals surface area contributed by atoms with Gasteiger partial charge < -0.3 is 10.0 Å². The van der Waals surface area contributed by atoms with Gasteiger partial charge in [0, 0.05) is 23.6 Å². The summed E-state index contributed by atoms with van der Waals surface area (Å²) in [5.74, 6) is 0.485. The standard InChI is InChI=1S/C19H20N2O3S/c1-13-16(7-8-17(20-13)14-5-3-2-4-6-14)19(24)21-9-10-25-12-15(21)11-18(22)23/h2-8,15H,9-12H2,1H3,(H,22,23). The minimum atomic E-state index is -0.875. The Morgan fingerprint density at radius 2 is 2.00 bits per heavy atom. The highest BCUT2D eigenvalue weighted by Gasteiger charge is 2.30. The summed E-state index contributed by atoms with van der Waals surface area (Å²) in [4.78, 5) is 30.3. The molecule has 6 heteroatoms. The molecule has 0 bridgehead atoms. The van der Waals surface area contributed by atoms with E-state index in [2.05, 4.69) is 4.98 Å². The first kappa shape index (κ1) is 17.5. The van der Waals surface area contributed by atoms with Crippen molar-refractivity contribution in [1.82, 2.24) is 9.88 Å². The third-order valence-electron chi connectivity index (χ3n) is 4.28. The topological polar surface area (TPSA) is 70.5 Å². The number of carbonyl (C=O) groups excluding carboxylic acids is 1. The van der Waals surface area contributed by atoms with Crippen LogP contribution in [0.4, 0.5) is 0 Å². The lowest BCUT2D eigenvalue weighted by Crippen LogP contribution is -2.47. The quantitative estimate of drug-likeness (QED) is 0.911. The summed E-state index contributed by atoms with van der Waals surface area (Å²) in [6, 6.07) is 13.2. The maximum Gasteiger partial charge on any atom is 0.305 e. The monoisotopic (exact) mass is 356 g/mol. The van der Waals surface area contributed by atoms with Crippen molar-refractivity contribution < 1.29 is 14.7 Å². The summed E-state index contributed by atoms with van der Waals surface area (Å²) in [6.45, 7) is 2.39. The highest BCUT2D eigenvalue weighted by Crippen LogP contribution is 2.24. The Morgan fingerprint density at radius 3 is 2.68 bits per heavy atom. The Balaban J connectivity index is 1.85. The second-order valence-electron chi connectivity index (χ2n) is 6.02. The smallest absolute Gasteiger partial charge is 0.305 e. The molecular formula is C19H20N2O3S. The van der Waals surface area contributed by atoms with Gasteiger partial charge in [0.1, 0.15) is 0 Å². The largest absolute Gasteiger partial charge is 0.481 e. The number of hydrogen-bond acceptors (Lipinski definition) is 4. The maximum absolute atomic E-state index is 12.9. The van der Waals surface area contributed by atoms with Gasteiger partial charge >= 0.3 is 5.97 Å². The normalized spacial score (nSPS) is 17.3. The van der Waals surface area contributed by atoms with Gasteiger partial charge in [0.25, 0.3) is 5.91 Å². The number of aryl methyl sites for hydroxylation is 1. The lowest BCUT2D eigenvalue weighted by atomic mass is 10.1. The third-order valence-corrected chi connectivity index (χ3v) is 5.38. The predicted molar refractivity (Wildman–Crippen MR) is 98.8 cm³/mol. The highest BCUT2D eigenvalue weighted by atomic mass is 32.2. The van der Waals surface area contributed by atoms with Crippen LogP contribution in [0, 0.1) is 6.92 Å². The molecule has 1 fully saturated rings. The summed E-state index contributed by atoms with van der Waals surface area (Å²) in [6.07, 6.45) is -0.0205. The van der Waals surface area contributed by atoms with Crippen LogP contribution in [0.25, 0.3) is 11.3 Å². The van der Waals surface area contributed by atoms with E-state index in [1.165, 1.54) is 0 Å². The number of aromatic nitrogens is 1. The molecule has 1 aliphatic rings. The summed E-state index contributed by atoms with van der Waals surface area (Å²) < 4.78 is 0. The van der Waals surface area contributed by atoms with Crippen molar-refractivity contribution in [2.75, 3.05) is 18.1 Å². The fourth-order valence-electron chi connectivity index (χ4n) is 3.00. The van der Waals surface area contributed by atoms with E-state index >= 15 is 0 Å². The Bertz CT molecular complexity index is 779. The number of carbonyl (C=O) groups is 2. The fraction of sp³-hybridized carbons (Fsp3) is 0.316. The van der Waals surface area contributed by atoms with Gasteiger partial charge in [-0.2, -0.15) is 11.8 Å². The second kappa shape index (κ2) is 7.70. The third kappa shape index (κ3) is 4.02. The number of rotatable bonds is 4. The lowest BCUT2D eigenvalue weighted by molar-refractivity contribution is -0.138. The van der Waals surface area contributed by atoms with E-state index < -0.39 is 5.97 Å². The fourth-order valence-corrected chi connectivity index (χ4v) is 4.07. The molecule has 0 saturated carbocycles. The molecule has 2 aromatic rings. The molecule has 25 heavy (non-hydrogen) atoms. The first-order valence-electron chi connectivity index (χ1n) is 8.20. The van der Waals surface area contributed by atoms with E-state index in [1.807, 2.05) is 43.3 Å². The van der Waals surface area contributed by atoms with Gasteiger partial charge in [0.15, 0.2) is 0 Å². The van der Waals surface area contributed by atoms with Crippen LogP contribution in [-0.2, 0) is 4.79 Å².